The van der Waals surface area contributed by atoms with Crippen LogP contribution in [0.1, 0.15) is 22.0 Å². The number of nitrogens with one attached hydrogen (secondary N) is 1. The Hall–Kier alpha value is -4.45. The second-order valence-electron chi connectivity index (χ2n) is 7.39. The summed E-state index contributed by atoms with van der Waals surface area (Å²) in [7, 11) is 0. The maximum Gasteiger partial charge on any atom is 0.256 e. The molecule has 2 heterocycles. The van der Waals surface area contributed by atoms with E-state index in [1.165, 1.54) is 34.6 Å². The maximum absolute atomic E-state index is 14.4. The molecule has 0 unspecified atom stereocenters. The van der Waals surface area contributed by atoms with E-state index in [4.69, 9.17) is 0 Å². The summed E-state index contributed by atoms with van der Waals surface area (Å²) in [5.74, 6) is 0.682. The smallest absolute Gasteiger partial charge is 0.256 e. The average molecular weight is 488 g/mol. The SMILES string of the molecule is Cc1nnnn1-c1cc(NC(=O)c2ccccc2SCc2nnnn2-c2ccccc2)ccc1F. The van der Waals surface area contributed by atoms with Crippen molar-refractivity contribution in [1.82, 2.24) is 40.4 Å². The maximum atomic E-state index is 14.4. The minimum Gasteiger partial charge on any atom is -0.322 e. The Labute approximate surface area is 203 Å². The van der Waals surface area contributed by atoms with E-state index in [-0.39, 0.29) is 11.6 Å². The van der Waals surface area contributed by atoms with Crippen LogP contribution in [0.2, 0.25) is 0 Å². The Morgan fingerprint density at radius 2 is 1.69 bits per heavy atom. The molecule has 1 N–H and O–H groups in total. The molecule has 0 bridgehead atoms. The van der Waals surface area contributed by atoms with Gasteiger partial charge in [0.1, 0.15) is 11.5 Å². The number of nitrogens with zero attached hydrogens (tertiary/aromatic N) is 8. The lowest BCUT2D eigenvalue weighted by Crippen LogP contribution is -2.14. The number of hydrogen-bond acceptors (Lipinski definition) is 8. The Bertz CT molecular complexity index is 1490. The third-order valence-corrected chi connectivity index (χ3v) is 6.15. The zero-order chi connectivity index (χ0) is 24.2. The lowest BCUT2D eigenvalue weighted by molar-refractivity contribution is 0.102. The number of anilines is 1. The van der Waals surface area contributed by atoms with Crippen molar-refractivity contribution in [3.63, 3.8) is 0 Å². The number of thioether (sulfide) groups is 1. The molecule has 0 saturated carbocycles. The number of aryl methyl sites for hydroxylation is 1. The van der Waals surface area contributed by atoms with Gasteiger partial charge in [-0.2, -0.15) is 9.36 Å². The zero-order valence-electron chi connectivity index (χ0n) is 18.4. The number of para-hydroxylation sites is 1. The standard InChI is InChI=1S/C23H18FN9OS/c1-15-26-28-30-32(15)20-13-16(11-12-19(20)24)25-23(34)18-9-5-6-10-21(18)35-14-22-27-29-31-33(22)17-7-3-2-4-8-17/h2-13H,14H2,1H3,(H,25,34). The van der Waals surface area contributed by atoms with Crippen LogP contribution < -0.4 is 5.32 Å². The van der Waals surface area contributed by atoms with Gasteiger partial charge in [-0.3, -0.25) is 4.79 Å². The predicted molar refractivity (Wildman–Crippen MR) is 127 cm³/mol. The van der Waals surface area contributed by atoms with Crippen LogP contribution in [-0.2, 0) is 5.75 Å². The van der Waals surface area contributed by atoms with Crippen LogP contribution in [0, 0.1) is 12.7 Å². The zero-order valence-corrected chi connectivity index (χ0v) is 19.2. The normalized spacial score (nSPS) is 10.9. The van der Waals surface area contributed by atoms with Gasteiger partial charge < -0.3 is 5.32 Å². The molecule has 0 fully saturated rings. The molecule has 10 nitrogen and oxygen atoms in total. The van der Waals surface area contributed by atoms with E-state index in [9.17, 15) is 9.18 Å². The number of benzene rings is 3. The Morgan fingerprint density at radius 3 is 2.49 bits per heavy atom. The number of hydrogen-bond donors (Lipinski definition) is 1. The quantitative estimate of drug-likeness (QED) is 0.346. The Kier molecular flexibility index (Phi) is 6.26. The third kappa shape index (κ3) is 4.77. The fourth-order valence-corrected chi connectivity index (χ4v) is 4.35. The molecule has 5 rings (SSSR count). The summed E-state index contributed by atoms with van der Waals surface area (Å²) in [5.41, 5.74) is 1.87. The van der Waals surface area contributed by atoms with E-state index >= 15 is 0 Å². The molecule has 12 heteroatoms. The van der Waals surface area contributed by atoms with Gasteiger partial charge in [-0.05, 0) is 70.2 Å². The van der Waals surface area contributed by atoms with Gasteiger partial charge in [0.25, 0.3) is 5.91 Å². The van der Waals surface area contributed by atoms with E-state index in [0.717, 1.165) is 10.6 Å². The number of carbonyl (C=O) groups is 1. The molecule has 0 spiro atoms. The average Bonchev–Trinajstić information content (AvgIpc) is 3.53. The van der Waals surface area contributed by atoms with Gasteiger partial charge in [0.15, 0.2) is 11.6 Å². The summed E-state index contributed by atoms with van der Waals surface area (Å²) in [5, 5.41) is 25.9. The van der Waals surface area contributed by atoms with E-state index in [1.54, 1.807) is 23.7 Å². The second kappa shape index (κ2) is 9.81. The molecule has 35 heavy (non-hydrogen) atoms. The summed E-state index contributed by atoms with van der Waals surface area (Å²) in [4.78, 5) is 13.9. The monoisotopic (exact) mass is 487 g/mol. The Morgan fingerprint density at radius 1 is 0.943 bits per heavy atom. The molecule has 0 radical (unpaired) electrons. The van der Waals surface area contributed by atoms with E-state index in [2.05, 4.69) is 36.4 Å². The fourth-order valence-electron chi connectivity index (χ4n) is 3.39. The van der Waals surface area contributed by atoms with Crippen LogP contribution in [0.3, 0.4) is 0 Å². The summed E-state index contributed by atoms with van der Waals surface area (Å²) in [6.07, 6.45) is 0. The van der Waals surface area contributed by atoms with Crippen LogP contribution in [0.25, 0.3) is 11.4 Å². The molecular weight excluding hydrogens is 469 g/mol. The molecule has 3 aromatic carbocycles. The first-order chi connectivity index (χ1) is 17.1. The first kappa shape index (κ1) is 22.3. The molecule has 0 atom stereocenters. The highest BCUT2D eigenvalue weighted by Gasteiger charge is 2.16. The summed E-state index contributed by atoms with van der Waals surface area (Å²) >= 11 is 1.44. The topological polar surface area (TPSA) is 116 Å². The molecule has 2 aromatic heterocycles. The van der Waals surface area contributed by atoms with Crippen LogP contribution in [0.4, 0.5) is 10.1 Å². The number of amides is 1. The summed E-state index contributed by atoms with van der Waals surface area (Å²) < 4.78 is 17.3. The molecule has 1 amide bonds. The number of rotatable bonds is 7. The molecule has 0 saturated heterocycles. The van der Waals surface area contributed by atoms with Gasteiger partial charge in [-0.15, -0.1) is 22.0 Å². The number of tetrazole rings is 2. The highest BCUT2D eigenvalue weighted by molar-refractivity contribution is 7.98. The molecular formula is C23H18FN9OS. The van der Waals surface area contributed by atoms with Gasteiger partial charge in [0.05, 0.1) is 17.0 Å². The van der Waals surface area contributed by atoms with Crippen molar-refractivity contribution in [3.8, 4) is 11.4 Å². The van der Waals surface area contributed by atoms with Crippen molar-refractivity contribution in [2.75, 3.05) is 5.32 Å². The fraction of sp³-hybridized carbons (Fsp3) is 0.0870. The van der Waals surface area contributed by atoms with Crippen LogP contribution in [0.15, 0.2) is 77.7 Å². The molecule has 5 aromatic rings. The van der Waals surface area contributed by atoms with Crippen molar-refractivity contribution in [3.05, 3.63) is 95.8 Å². The number of carbonyl (C=O) groups excluding carboxylic acids is 1. The first-order valence-corrected chi connectivity index (χ1v) is 11.5. The predicted octanol–water partition coefficient (Wildman–Crippen LogP) is 3.63. The van der Waals surface area contributed by atoms with Gasteiger partial charge in [-0.25, -0.2) is 4.39 Å². The molecule has 0 aliphatic rings. The number of halogens is 1. The lowest BCUT2D eigenvalue weighted by Gasteiger charge is -2.11. The summed E-state index contributed by atoms with van der Waals surface area (Å²) in [6, 6.07) is 21.0. The summed E-state index contributed by atoms with van der Waals surface area (Å²) in [6.45, 7) is 1.66. The highest BCUT2D eigenvalue weighted by Crippen LogP contribution is 2.27. The van der Waals surface area contributed by atoms with Crippen LogP contribution in [0.5, 0.6) is 0 Å². The van der Waals surface area contributed by atoms with E-state index < -0.39 is 5.82 Å². The third-order valence-electron chi connectivity index (χ3n) is 5.08. The molecule has 174 valence electrons. The van der Waals surface area contributed by atoms with Crippen molar-refractivity contribution < 1.29 is 9.18 Å². The second-order valence-corrected chi connectivity index (χ2v) is 8.40. The van der Waals surface area contributed by atoms with Crippen LogP contribution in [-0.4, -0.2) is 46.3 Å². The highest BCUT2D eigenvalue weighted by atomic mass is 32.2. The minimum atomic E-state index is -0.509. The van der Waals surface area contributed by atoms with Crippen molar-refractivity contribution >= 4 is 23.4 Å². The van der Waals surface area contributed by atoms with Crippen molar-refractivity contribution in [2.45, 2.75) is 17.6 Å². The van der Waals surface area contributed by atoms with Crippen LogP contribution >= 0.6 is 11.8 Å². The first-order valence-electron chi connectivity index (χ1n) is 10.5. The van der Waals surface area contributed by atoms with E-state index in [0.29, 0.717) is 28.7 Å². The van der Waals surface area contributed by atoms with Crippen molar-refractivity contribution in [2.24, 2.45) is 0 Å². The van der Waals surface area contributed by atoms with Gasteiger partial charge in [-0.1, -0.05) is 30.3 Å². The van der Waals surface area contributed by atoms with Gasteiger partial charge in [0, 0.05) is 10.6 Å². The number of aromatic nitrogens is 8. The lowest BCUT2D eigenvalue weighted by atomic mass is 10.2. The van der Waals surface area contributed by atoms with E-state index in [1.807, 2.05) is 42.5 Å². The van der Waals surface area contributed by atoms with Gasteiger partial charge >= 0.3 is 0 Å². The molecule has 0 aliphatic carbocycles. The largest absolute Gasteiger partial charge is 0.322 e. The van der Waals surface area contributed by atoms with Crippen molar-refractivity contribution in [1.29, 1.82) is 0 Å². The Balaban J connectivity index is 1.35. The minimum absolute atomic E-state index is 0.140. The van der Waals surface area contributed by atoms with Gasteiger partial charge in [0.2, 0.25) is 0 Å². The molecule has 0 aliphatic heterocycles.